The van der Waals surface area contributed by atoms with Crippen LogP contribution in [0.15, 0.2) is 0 Å². The predicted octanol–water partition coefficient (Wildman–Crippen LogP) is 3.17. The Balaban J connectivity index is 2.30. The van der Waals surface area contributed by atoms with Crippen LogP contribution >= 0.6 is 0 Å². The van der Waals surface area contributed by atoms with Crippen LogP contribution in [0.2, 0.25) is 0 Å². The molecule has 1 heterocycles. The molecule has 110 valence electrons. The molecule has 1 fully saturated rings. The summed E-state index contributed by atoms with van der Waals surface area (Å²) in [6, 6.07) is 2.44. The molecular formula is C16H31N3. The molecule has 1 saturated heterocycles. The number of hydrogen-bond acceptors (Lipinski definition) is 3. The first-order valence-corrected chi connectivity index (χ1v) is 7.79. The summed E-state index contributed by atoms with van der Waals surface area (Å²) in [5.41, 5.74) is 0.124. The van der Waals surface area contributed by atoms with Gasteiger partial charge in [-0.15, -0.1) is 0 Å². The number of nitrogens with one attached hydrogen (secondary N) is 1. The highest BCUT2D eigenvalue weighted by molar-refractivity contribution is 5.03. The highest BCUT2D eigenvalue weighted by Crippen LogP contribution is 2.28. The van der Waals surface area contributed by atoms with Crippen LogP contribution in [0.3, 0.4) is 0 Å². The van der Waals surface area contributed by atoms with Gasteiger partial charge in [-0.1, -0.05) is 20.8 Å². The van der Waals surface area contributed by atoms with Gasteiger partial charge in [0.2, 0.25) is 0 Å². The quantitative estimate of drug-likeness (QED) is 0.768. The van der Waals surface area contributed by atoms with Crippen LogP contribution in [-0.2, 0) is 0 Å². The van der Waals surface area contributed by atoms with E-state index in [1.807, 2.05) is 6.92 Å². The van der Waals surface area contributed by atoms with Crippen molar-refractivity contribution in [2.24, 2.45) is 5.41 Å². The van der Waals surface area contributed by atoms with Crippen LogP contribution in [0.25, 0.3) is 0 Å². The van der Waals surface area contributed by atoms with Crippen LogP contribution in [0.5, 0.6) is 0 Å². The lowest BCUT2D eigenvalue weighted by Crippen LogP contribution is -2.43. The second-order valence-electron chi connectivity index (χ2n) is 7.02. The Labute approximate surface area is 119 Å². The first-order valence-electron chi connectivity index (χ1n) is 7.79. The largest absolute Gasteiger partial charge is 0.303 e. The molecule has 19 heavy (non-hydrogen) atoms. The highest BCUT2D eigenvalue weighted by Gasteiger charge is 2.27. The second-order valence-corrected chi connectivity index (χ2v) is 7.02. The number of piperidine rings is 1. The van der Waals surface area contributed by atoms with Crippen molar-refractivity contribution in [1.29, 1.82) is 5.26 Å². The standard InChI is InChI=1S/C16H31N3/c1-5-10-18-16(4,13-17)9-7-12-19-11-6-8-15(2,3)14-19/h18H,5-12,14H2,1-4H3. The van der Waals surface area contributed by atoms with E-state index < -0.39 is 0 Å². The minimum Gasteiger partial charge on any atom is -0.303 e. The minimum absolute atomic E-state index is 0.346. The van der Waals surface area contributed by atoms with Crippen molar-refractivity contribution >= 4 is 0 Å². The Morgan fingerprint density at radius 1 is 1.42 bits per heavy atom. The second kappa shape index (κ2) is 7.26. The van der Waals surface area contributed by atoms with Crippen molar-refractivity contribution in [3.63, 3.8) is 0 Å². The van der Waals surface area contributed by atoms with Gasteiger partial charge in [0, 0.05) is 6.54 Å². The Bertz CT molecular complexity index is 306. The van der Waals surface area contributed by atoms with Crippen LogP contribution in [0, 0.1) is 16.7 Å². The van der Waals surface area contributed by atoms with Crippen LogP contribution in [0.4, 0.5) is 0 Å². The van der Waals surface area contributed by atoms with Crippen molar-refractivity contribution in [3.05, 3.63) is 0 Å². The van der Waals surface area contributed by atoms with Gasteiger partial charge < -0.3 is 4.90 Å². The maximum atomic E-state index is 9.31. The Hall–Kier alpha value is -0.590. The van der Waals surface area contributed by atoms with Gasteiger partial charge in [0.05, 0.1) is 6.07 Å². The molecule has 1 aliphatic heterocycles. The fourth-order valence-electron chi connectivity index (χ4n) is 2.98. The fraction of sp³-hybridized carbons (Fsp3) is 0.938. The molecule has 1 rings (SSSR count). The van der Waals surface area contributed by atoms with Crippen molar-refractivity contribution < 1.29 is 0 Å². The molecule has 0 aromatic heterocycles. The lowest BCUT2D eigenvalue weighted by Gasteiger charge is -2.38. The summed E-state index contributed by atoms with van der Waals surface area (Å²) in [5, 5.41) is 12.7. The third-order valence-electron chi connectivity index (χ3n) is 4.14. The first kappa shape index (κ1) is 16.5. The SMILES string of the molecule is CCCNC(C)(C#N)CCCN1CCCC(C)(C)C1. The summed E-state index contributed by atoms with van der Waals surface area (Å²) in [7, 11) is 0. The highest BCUT2D eigenvalue weighted by atomic mass is 15.1. The van der Waals surface area contributed by atoms with Crippen molar-refractivity contribution in [3.8, 4) is 6.07 Å². The third-order valence-corrected chi connectivity index (χ3v) is 4.14. The van der Waals surface area contributed by atoms with Gasteiger partial charge in [-0.05, 0) is 64.1 Å². The number of rotatable bonds is 7. The molecule has 3 heteroatoms. The van der Waals surface area contributed by atoms with Gasteiger partial charge in [-0.3, -0.25) is 5.32 Å². The number of hydrogen-bond donors (Lipinski definition) is 1. The molecule has 1 atom stereocenters. The van der Waals surface area contributed by atoms with Crippen molar-refractivity contribution in [2.45, 2.75) is 65.3 Å². The maximum absolute atomic E-state index is 9.31. The van der Waals surface area contributed by atoms with E-state index in [-0.39, 0.29) is 5.54 Å². The van der Waals surface area contributed by atoms with Crippen LogP contribution < -0.4 is 5.32 Å². The number of nitrogens with zero attached hydrogens (tertiary/aromatic N) is 2. The summed E-state index contributed by atoms with van der Waals surface area (Å²) >= 11 is 0. The fourth-order valence-corrected chi connectivity index (χ4v) is 2.98. The smallest absolute Gasteiger partial charge is 0.103 e. The molecular weight excluding hydrogens is 234 g/mol. The van der Waals surface area contributed by atoms with E-state index in [0.717, 1.165) is 32.4 Å². The molecule has 0 aromatic rings. The Kier molecular flexibility index (Phi) is 6.29. The van der Waals surface area contributed by atoms with E-state index >= 15 is 0 Å². The summed E-state index contributed by atoms with van der Waals surface area (Å²) < 4.78 is 0. The third kappa shape index (κ3) is 5.93. The number of nitriles is 1. The van der Waals surface area contributed by atoms with E-state index in [4.69, 9.17) is 0 Å². The molecule has 0 amide bonds. The zero-order valence-electron chi connectivity index (χ0n) is 13.3. The Morgan fingerprint density at radius 3 is 2.74 bits per heavy atom. The lowest BCUT2D eigenvalue weighted by molar-refractivity contribution is 0.114. The average molecular weight is 265 g/mol. The Morgan fingerprint density at radius 2 is 2.16 bits per heavy atom. The lowest BCUT2D eigenvalue weighted by atomic mass is 9.84. The molecule has 0 saturated carbocycles. The molecule has 0 aromatic carbocycles. The monoisotopic (exact) mass is 265 g/mol. The van der Waals surface area contributed by atoms with Crippen LogP contribution in [0.1, 0.15) is 59.8 Å². The topological polar surface area (TPSA) is 39.1 Å². The zero-order valence-corrected chi connectivity index (χ0v) is 13.3. The average Bonchev–Trinajstić information content (AvgIpc) is 2.35. The summed E-state index contributed by atoms with van der Waals surface area (Å²) in [6.45, 7) is 13.4. The molecule has 3 nitrogen and oxygen atoms in total. The van der Waals surface area contributed by atoms with Crippen molar-refractivity contribution in [2.75, 3.05) is 26.2 Å². The summed E-state index contributed by atoms with van der Waals surface area (Å²) in [6.07, 6.45) is 5.79. The van der Waals surface area contributed by atoms with E-state index in [1.165, 1.54) is 25.9 Å². The zero-order chi connectivity index (χ0) is 14.4. The van der Waals surface area contributed by atoms with Gasteiger partial charge in [0.1, 0.15) is 5.54 Å². The van der Waals surface area contributed by atoms with Gasteiger partial charge in [-0.25, -0.2) is 0 Å². The summed E-state index contributed by atoms with van der Waals surface area (Å²) in [4.78, 5) is 2.57. The van der Waals surface area contributed by atoms with Crippen molar-refractivity contribution in [1.82, 2.24) is 10.2 Å². The predicted molar refractivity (Wildman–Crippen MR) is 81.0 cm³/mol. The van der Waals surface area contributed by atoms with E-state index in [0.29, 0.717) is 5.41 Å². The van der Waals surface area contributed by atoms with E-state index in [1.54, 1.807) is 0 Å². The first-order chi connectivity index (χ1) is 8.91. The molecule has 1 unspecified atom stereocenters. The van der Waals surface area contributed by atoms with Gasteiger partial charge in [-0.2, -0.15) is 5.26 Å². The molecule has 1 N–H and O–H groups in total. The number of likely N-dealkylation sites (tertiary alicyclic amines) is 1. The molecule has 1 aliphatic rings. The maximum Gasteiger partial charge on any atom is 0.103 e. The van der Waals surface area contributed by atoms with E-state index in [9.17, 15) is 5.26 Å². The van der Waals surface area contributed by atoms with Gasteiger partial charge >= 0.3 is 0 Å². The summed E-state index contributed by atoms with van der Waals surface area (Å²) in [5.74, 6) is 0. The van der Waals surface area contributed by atoms with Gasteiger partial charge in [0.25, 0.3) is 0 Å². The van der Waals surface area contributed by atoms with E-state index in [2.05, 4.69) is 37.1 Å². The normalized spacial score (nSPS) is 22.7. The van der Waals surface area contributed by atoms with Crippen LogP contribution in [-0.4, -0.2) is 36.6 Å². The molecule has 0 aliphatic carbocycles. The van der Waals surface area contributed by atoms with Gasteiger partial charge in [0.15, 0.2) is 0 Å². The molecule has 0 spiro atoms. The minimum atomic E-state index is -0.346. The molecule has 0 radical (unpaired) electrons. The molecule has 0 bridgehead atoms.